The minimum atomic E-state index is -3.45. The second kappa shape index (κ2) is 6.21. The summed E-state index contributed by atoms with van der Waals surface area (Å²) in [6, 6.07) is 0. The van der Waals surface area contributed by atoms with Crippen LogP contribution in [0.25, 0.3) is 0 Å². The summed E-state index contributed by atoms with van der Waals surface area (Å²) in [5.41, 5.74) is -0.745. The second-order valence-electron chi connectivity index (χ2n) is 7.76. The van der Waals surface area contributed by atoms with Gasteiger partial charge in [0.15, 0.2) is 21.4 Å². The summed E-state index contributed by atoms with van der Waals surface area (Å²) in [6.45, 7) is 7.60. The fraction of sp³-hybridized carbons (Fsp3) is 0.722. The molecule has 1 saturated heterocycles. The normalized spacial score (nSPS) is 34.5. The summed E-state index contributed by atoms with van der Waals surface area (Å²) in [5.74, 6) is -0.192. The van der Waals surface area contributed by atoms with Gasteiger partial charge in [-0.3, -0.25) is 4.79 Å². The van der Waals surface area contributed by atoms with Gasteiger partial charge in [0.05, 0.1) is 17.6 Å². The average molecular weight is 370 g/mol. The van der Waals surface area contributed by atoms with E-state index >= 15 is 0 Å². The zero-order chi connectivity index (χ0) is 18.5. The van der Waals surface area contributed by atoms with E-state index in [1.165, 1.54) is 6.08 Å². The van der Waals surface area contributed by atoms with Crippen molar-refractivity contribution in [2.45, 2.75) is 64.4 Å². The van der Waals surface area contributed by atoms with Crippen LogP contribution in [-0.4, -0.2) is 44.1 Å². The molecule has 0 aromatic heterocycles. The molecule has 0 aromatic rings. The molecule has 1 aliphatic heterocycles. The third-order valence-corrected chi connectivity index (χ3v) is 6.70. The Morgan fingerprint density at radius 3 is 2.64 bits per heavy atom. The minimum Gasteiger partial charge on any atom is -0.497 e. The molecule has 0 N–H and O–H groups in total. The molecule has 7 heteroatoms. The van der Waals surface area contributed by atoms with Gasteiger partial charge in [-0.25, -0.2) is 8.42 Å². The van der Waals surface area contributed by atoms with E-state index in [-0.39, 0.29) is 30.2 Å². The van der Waals surface area contributed by atoms with Gasteiger partial charge in [-0.1, -0.05) is 6.92 Å². The predicted octanol–water partition coefficient (Wildman–Crippen LogP) is 2.50. The molecule has 0 spiro atoms. The lowest BCUT2D eigenvalue weighted by Gasteiger charge is -2.35. The number of ether oxygens (including phenoxy) is 3. The van der Waals surface area contributed by atoms with E-state index in [0.717, 1.165) is 0 Å². The number of ketones is 1. The lowest BCUT2D eigenvalue weighted by Crippen LogP contribution is -2.43. The van der Waals surface area contributed by atoms with Crippen LogP contribution in [0.5, 0.6) is 0 Å². The fourth-order valence-corrected chi connectivity index (χ4v) is 5.44. The van der Waals surface area contributed by atoms with Gasteiger partial charge < -0.3 is 14.2 Å². The Hall–Kier alpha value is -1.18. The Bertz CT molecular complexity index is 733. The van der Waals surface area contributed by atoms with Crippen LogP contribution in [0, 0.1) is 5.92 Å². The number of carbonyl (C=O) groups excluding carboxylic acids is 1. The number of fused-ring (bicyclic) bond motifs is 1. The third-order valence-electron chi connectivity index (χ3n) is 4.91. The molecular weight excluding hydrogens is 344 g/mol. The second-order valence-corrected chi connectivity index (χ2v) is 9.92. The molecule has 1 heterocycles. The molecule has 0 bridgehead atoms. The van der Waals surface area contributed by atoms with Crippen LogP contribution in [0.3, 0.4) is 0 Å². The third kappa shape index (κ3) is 3.83. The van der Waals surface area contributed by atoms with Gasteiger partial charge in [0.2, 0.25) is 0 Å². The Kier molecular flexibility index (Phi) is 4.62. The lowest BCUT2D eigenvalue weighted by atomic mass is 9.82. The van der Waals surface area contributed by atoms with E-state index in [1.807, 2.05) is 27.7 Å². The van der Waals surface area contributed by atoms with Crippen molar-refractivity contribution in [3.8, 4) is 0 Å². The Morgan fingerprint density at radius 2 is 2.00 bits per heavy atom. The standard InChI is InChI=1S/C18H26O6S/c1-12-9-15(11-18(4)16(12)23-17(2,3)24-18)25(20,21)8-7-22-14-6-5-13(19)10-14/h10-12,16H,5-9H2,1-4H3/t12-,16-,18+/m0/s1. The monoisotopic (exact) mass is 370 g/mol. The summed E-state index contributed by atoms with van der Waals surface area (Å²) < 4.78 is 42.9. The summed E-state index contributed by atoms with van der Waals surface area (Å²) >= 11 is 0. The maximum Gasteiger partial charge on any atom is 0.177 e. The van der Waals surface area contributed by atoms with E-state index in [2.05, 4.69) is 0 Å². The van der Waals surface area contributed by atoms with Crippen molar-refractivity contribution in [3.63, 3.8) is 0 Å². The van der Waals surface area contributed by atoms with Crippen molar-refractivity contribution >= 4 is 15.6 Å². The first kappa shape index (κ1) is 18.6. The van der Waals surface area contributed by atoms with Crippen LogP contribution in [0.2, 0.25) is 0 Å². The van der Waals surface area contributed by atoms with Crippen molar-refractivity contribution < 1.29 is 27.4 Å². The Balaban J connectivity index is 1.70. The Labute approximate surface area is 149 Å². The number of sulfone groups is 1. The number of hydrogen-bond donors (Lipinski definition) is 0. The highest BCUT2D eigenvalue weighted by Crippen LogP contribution is 2.46. The molecule has 0 aromatic carbocycles. The summed E-state index contributed by atoms with van der Waals surface area (Å²) in [5, 5.41) is 0. The molecule has 1 fully saturated rings. The topological polar surface area (TPSA) is 78.9 Å². The highest BCUT2D eigenvalue weighted by Gasteiger charge is 2.54. The van der Waals surface area contributed by atoms with Gasteiger partial charge in [-0.05, 0) is 39.2 Å². The molecule has 140 valence electrons. The van der Waals surface area contributed by atoms with Crippen LogP contribution in [0.15, 0.2) is 22.8 Å². The summed E-state index contributed by atoms with van der Waals surface area (Å²) in [6.07, 6.45) is 4.43. The van der Waals surface area contributed by atoms with Crippen LogP contribution in [-0.2, 0) is 28.8 Å². The number of rotatable bonds is 5. The van der Waals surface area contributed by atoms with Crippen LogP contribution >= 0.6 is 0 Å². The first-order valence-corrected chi connectivity index (χ1v) is 10.3. The Morgan fingerprint density at radius 1 is 1.28 bits per heavy atom. The largest absolute Gasteiger partial charge is 0.497 e. The molecule has 3 rings (SSSR count). The molecule has 0 unspecified atom stereocenters. The van der Waals surface area contributed by atoms with E-state index in [9.17, 15) is 13.2 Å². The molecule has 3 aliphatic rings. The summed E-state index contributed by atoms with van der Waals surface area (Å²) in [4.78, 5) is 11.6. The molecule has 0 amide bonds. The van der Waals surface area contributed by atoms with Crippen LogP contribution in [0.1, 0.15) is 47.0 Å². The highest BCUT2D eigenvalue weighted by molar-refractivity contribution is 7.95. The fourth-order valence-electron chi connectivity index (χ4n) is 3.94. The van der Waals surface area contributed by atoms with E-state index in [4.69, 9.17) is 14.2 Å². The molecule has 6 nitrogen and oxygen atoms in total. The first-order chi connectivity index (χ1) is 11.5. The summed E-state index contributed by atoms with van der Waals surface area (Å²) in [7, 11) is -3.45. The SMILES string of the molecule is C[C@H]1CC(S(=O)(=O)CCOC2=CC(=O)CC2)=C[C@@]2(C)OC(C)(C)O[C@@H]12. The van der Waals surface area contributed by atoms with Gasteiger partial charge in [-0.2, -0.15) is 0 Å². The maximum absolute atomic E-state index is 12.7. The number of allylic oxidation sites excluding steroid dienone is 3. The van der Waals surface area contributed by atoms with Gasteiger partial charge in [0.25, 0.3) is 0 Å². The van der Waals surface area contributed by atoms with Gasteiger partial charge in [0.1, 0.15) is 12.2 Å². The molecular formula is C18H26O6S. The van der Waals surface area contributed by atoms with E-state index in [1.54, 1.807) is 6.08 Å². The first-order valence-electron chi connectivity index (χ1n) is 8.69. The average Bonchev–Trinajstić information content (AvgIpc) is 2.98. The molecule has 3 atom stereocenters. The van der Waals surface area contributed by atoms with Crippen molar-refractivity contribution in [1.29, 1.82) is 0 Å². The number of hydrogen-bond acceptors (Lipinski definition) is 6. The van der Waals surface area contributed by atoms with Crippen LogP contribution in [0.4, 0.5) is 0 Å². The minimum absolute atomic E-state index is 0.0293. The number of carbonyl (C=O) groups is 1. The molecule has 0 radical (unpaired) electrons. The predicted molar refractivity (Wildman–Crippen MR) is 92.4 cm³/mol. The van der Waals surface area contributed by atoms with E-state index in [0.29, 0.717) is 29.9 Å². The molecule has 2 aliphatic carbocycles. The zero-order valence-electron chi connectivity index (χ0n) is 15.2. The molecule has 25 heavy (non-hydrogen) atoms. The zero-order valence-corrected chi connectivity index (χ0v) is 16.0. The van der Waals surface area contributed by atoms with Crippen molar-refractivity contribution in [2.75, 3.05) is 12.4 Å². The van der Waals surface area contributed by atoms with Crippen molar-refractivity contribution in [3.05, 3.63) is 22.8 Å². The van der Waals surface area contributed by atoms with Gasteiger partial charge in [-0.15, -0.1) is 0 Å². The van der Waals surface area contributed by atoms with Crippen LogP contribution < -0.4 is 0 Å². The lowest BCUT2D eigenvalue weighted by molar-refractivity contribution is -0.155. The van der Waals surface area contributed by atoms with Crippen molar-refractivity contribution in [1.82, 2.24) is 0 Å². The van der Waals surface area contributed by atoms with E-state index < -0.39 is 21.2 Å². The molecule has 0 saturated carbocycles. The highest BCUT2D eigenvalue weighted by atomic mass is 32.2. The van der Waals surface area contributed by atoms with Gasteiger partial charge in [0, 0.05) is 23.8 Å². The quantitative estimate of drug-likeness (QED) is 0.740. The van der Waals surface area contributed by atoms with Gasteiger partial charge >= 0.3 is 0 Å². The maximum atomic E-state index is 12.7. The van der Waals surface area contributed by atoms with Crippen molar-refractivity contribution in [2.24, 2.45) is 5.92 Å². The smallest absolute Gasteiger partial charge is 0.177 e.